The number of amides is 1. The highest BCUT2D eigenvalue weighted by Crippen LogP contribution is 2.29. The molecule has 1 aromatic heterocycles. The van der Waals surface area contributed by atoms with E-state index in [1.165, 1.54) is 12.1 Å². The van der Waals surface area contributed by atoms with Gasteiger partial charge in [0.1, 0.15) is 17.0 Å². The summed E-state index contributed by atoms with van der Waals surface area (Å²) in [6, 6.07) is 13.9. The van der Waals surface area contributed by atoms with E-state index >= 15 is 0 Å². The Morgan fingerprint density at radius 1 is 1.12 bits per heavy atom. The summed E-state index contributed by atoms with van der Waals surface area (Å²) < 4.78 is 43.5. The SMILES string of the molecule is Cc1onc(-c2ccccc2)c1C(=O)NCc1cccc(C(F)(F)F)c1. The van der Waals surface area contributed by atoms with Gasteiger partial charge in [-0.05, 0) is 24.6 Å². The topological polar surface area (TPSA) is 55.1 Å². The molecule has 0 bridgehead atoms. The third-order valence-electron chi connectivity index (χ3n) is 3.84. The van der Waals surface area contributed by atoms with Gasteiger partial charge >= 0.3 is 6.18 Å². The first-order chi connectivity index (χ1) is 12.4. The summed E-state index contributed by atoms with van der Waals surface area (Å²) in [4.78, 5) is 12.5. The Kier molecular flexibility index (Phi) is 4.79. The van der Waals surface area contributed by atoms with Crippen LogP contribution < -0.4 is 5.32 Å². The number of hydrogen-bond donors (Lipinski definition) is 1. The number of rotatable bonds is 4. The van der Waals surface area contributed by atoms with E-state index in [4.69, 9.17) is 4.52 Å². The maximum Gasteiger partial charge on any atom is 0.416 e. The second-order valence-corrected chi connectivity index (χ2v) is 5.71. The van der Waals surface area contributed by atoms with Crippen LogP contribution in [-0.4, -0.2) is 11.1 Å². The molecule has 0 aliphatic heterocycles. The van der Waals surface area contributed by atoms with Crippen LogP contribution in [0.15, 0.2) is 59.1 Å². The molecule has 1 amide bonds. The van der Waals surface area contributed by atoms with Crippen LogP contribution in [0.25, 0.3) is 11.3 Å². The lowest BCUT2D eigenvalue weighted by Crippen LogP contribution is -2.24. The van der Waals surface area contributed by atoms with E-state index in [0.29, 0.717) is 22.6 Å². The van der Waals surface area contributed by atoms with Crippen molar-refractivity contribution in [2.24, 2.45) is 0 Å². The molecule has 134 valence electrons. The predicted octanol–water partition coefficient (Wildman–Crippen LogP) is 4.60. The number of carbonyl (C=O) groups excluding carboxylic acids is 1. The molecule has 0 fully saturated rings. The Bertz CT molecular complexity index is 918. The van der Waals surface area contributed by atoms with E-state index in [0.717, 1.165) is 12.1 Å². The Labute approximate surface area is 147 Å². The Hall–Kier alpha value is -3.09. The van der Waals surface area contributed by atoms with Crippen LogP contribution in [0.1, 0.15) is 27.2 Å². The summed E-state index contributed by atoms with van der Waals surface area (Å²) in [5, 5.41) is 6.55. The van der Waals surface area contributed by atoms with Gasteiger partial charge in [0.05, 0.1) is 5.56 Å². The molecule has 0 aliphatic carbocycles. The molecule has 26 heavy (non-hydrogen) atoms. The van der Waals surface area contributed by atoms with Crippen molar-refractivity contribution in [1.29, 1.82) is 0 Å². The second-order valence-electron chi connectivity index (χ2n) is 5.71. The van der Waals surface area contributed by atoms with Crippen molar-refractivity contribution in [2.75, 3.05) is 0 Å². The molecule has 7 heteroatoms. The summed E-state index contributed by atoms with van der Waals surface area (Å²) >= 11 is 0. The van der Waals surface area contributed by atoms with Gasteiger partial charge in [0.15, 0.2) is 0 Å². The average Bonchev–Trinajstić information content (AvgIpc) is 3.01. The quantitative estimate of drug-likeness (QED) is 0.740. The fraction of sp³-hybridized carbons (Fsp3) is 0.158. The van der Waals surface area contributed by atoms with Crippen LogP contribution in [0.4, 0.5) is 13.2 Å². The third-order valence-corrected chi connectivity index (χ3v) is 3.84. The summed E-state index contributed by atoms with van der Waals surface area (Å²) in [6.07, 6.45) is -4.43. The minimum atomic E-state index is -4.43. The van der Waals surface area contributed by atoms with E-state index in [1.54, 1.807) is 19.1 Å². The second kappa shape index (κ2) is 7.03. The van der Waals surface area contributed by atoms with E-state index in [1.807, 2.05) is 18.2 Å². The van der Waals surface area contributed by atoms with Crippen LogP contribution in [0, 0.1) is 6.92 Å². The third kappa shape index (κ3) is 3.77. The first-order valence-corrected chi connectivity index (χ1v) is 7.82. The average molecular weight is 360 g/mol. The molecule has 0 spiro atoms. The largest absolute Gasteiger partial charge is 0.416 e. The first kappa shape index (κ1) is 17.7. The lowest BCUT2D eigenvalue weighted by atomic mass is 10.1. The molecule has 0 radical (unpaired) electrons. The van der Waals surface area contributed by atoms with Crippen LogP contribution in [-0.2, 0) is 12.7 Å². The molecule has 1 N–H and O–H groups in total. The van der Waals surface area contributed by atoms with Crippen molar-refractivity contribution in [1.82, 2.24) is 10.5 Å². The fourth-order valence-corrected chi connectivity index (χ4v) is 2.56. The van der Waals surface area contributed by atoms with Gasteiger partial charge in [0, 0.05) is 12.1 Å². The Balaban J connectivity index is 1.79. The van der Waals surface area contributed by atoms with Crippen LogP contribution >= 0.6 is 0 Å². The van der Waals surface area contributed by atoms with Crippen LogP contribution in [0.3, 0.4) is 0 Å². The molecule has 1 heterocycles. The van der Waals surface area contributed by atoms with Gasteiger partial charge in [-0.1, -0.05) is 47.6 Å². The molecule has 0 saturated carbocycles. The van der Waals surface area contributed by atoms with Crippen LogP contribution in [0.2, 0.25) is 0 Å². The minimum absolute atomic E-state index is 0.0401. The zero-order valence-corrected chi connectivity index (χ0v) is 13.8. The minimum Gasteiger partial charge on any atom is -0.360 e. The zero-order valence-electron chi connectivity index (χ0n) is 13.8. The number of carbonyl (C=O) groups is 1. The monoisotopic (exact) mass is 360 g/mol. The smallest absolute Gasteiger partial charge is 0.360 e. The summed E-state index contributed by atoms with van der Waals surface area (Å²) in [5.41, 5.74) is 0.973. The van der Waals surface area contributed by atoms with Gasteiger partial charge in [-0.25, -0.2) is 0 Å². The number of alkyl halides is 3. The first-order valence-electron chi connectivity index (χ1n) is 7.82. The van der Waals surface area contributed by atoms with Gasteiger partial charge in [0.2, 0.25) is 0 Å². The Morgan fingerprint density at radius 3 is 2.54 bits per heavy atom. The van der Waals surface area contributed by atoms with Gasteiger partial charge in [-0.15, -0.1) is 0 Å². The molecular formula is C19H15F3N2O2. The van der Waals surface area contributed by atoms with Crippen molar-refractivity contribution in [3.05, 3.63) is 77.0 Å². The lowest BCUT2D eigenvalue weighted by Gasteiger charge is -2.10. The van der Waals surface area contributed by atoms with Crippen molar-refractivity contribution in [2.45, 2.75) is 19.6 Å². The summed E-state index contributed by atoms with van der Waals surface area (Å²) in [5.74, 6) is -0.120. The van der Waals surface area contributed by atoms with E-state index < -0.39 is 17.6 Å². The highest BCUT2D eigenvalue weighted by atomic mass is 19.4. The number of benzene rings is 2. The number of aryl methyl sites for hydroxylation is 1. The molecule has 3 aromatic rings. The normalized spacial score (nSPS) is 11.4. The van der Waals surface area contributed by atoms with Crippen molar-refractivity contribution >= 4 is 5.91 Å². The fourth-order valence-electron chi connectivity index (χ4n) is 2.56. The highest BCUT2D eigenvalue weighted by molar-refractivity contribution is 6.00. The van der Waals surface area contributed by atoms with Gasteiger partial charge in [-0.2, -0.15) is 13.2 Å². The summed E-state index contributed by atoms with van der Waals surface area (Å²) in [6.45, 7) is 1.57. The van der Waals surface area contributed by atoms with E-state index in [9.17, 15) is 18.0 Å². The number of halogens is 3. The standard InChI is InChI=1S/C19H15F3N2O2/c1-12-16(17(24-26-12)14-7-3-2-4-8-14)18(25)23-11-13-6-5-9-15(10-13)19(20,21)22/h2-10H,11H2,1H3,(H,23,25). The van der Waals surface area contributed by atoms with Gasteiger partial charge in [-0.3, -0.25) is 4.79 Å². The van der Waals surface area contributed by atoms with E-state index in [2.05, 4.69) is 10.5 Å². The molecule has 2 aromatic carbocycles. The van der Waals surface area contributed by atoms with E-state index in [-0.39, 0.29) is 12.1 Å². The molecule has 0 atom stereocenters. The van der Waals surface area contributed by atoms with Crippen molar-refractivity contribution < 1.29 is 22.5 Å². The number of aromatic nitrogens is 1. The lowest BCUT2D eigenvalue weighted by molar-refractivity contribution is -0.137. The maximum absolute atomic E-state index is 12.8. The number of nitrogens with one attached hydrogen (secondary N) is 1. The maximum atomic E-state index is 12.8. The van der Waals surface area contributed by atoms with Crippen LogP contribution in [0.5, 0.6) is 0 Å². The molecule has 3 rings (SSSR count). The Morgan fingerprint density at radius 2 is 1.85 bits per heavy atom. The van der Waals surface area contributed by atoms with Crippen molar-refractivity contribution in [3.63, 3.8) is 0 Å². The molecule has 4 nitrogen and oxygen atoms in total. The predicted molar refractivity (Wildman–Crippen MR) is 89.3 cm³/mol. The summed E-state index contributed by atoms with van der Waals surface area (Å²) in [7, 11) is 0. The molecular weight excluding hydrogens is 345 g/mol. The van der Waals surface area contributed by atoms with Crippen molar-refractivity contribution in [3.8, 4) is 11.3 Å². The van der Waals surface area contributed by atoms with Gasteiger partial charge < -0.3 is 9.84 Å². The number of hydrogen-bond acceptors (Lipinski definition) is 3. The molecule has 0 aliphatic rings. The highest BCUT2D eigenvalue weighted by Gasteiger charge is 2.30. The zero-order chi connectivity index (χ0) is 18.7. The van der Waals surface area contributed by atoms with Gasteiger partial charge in [0.25, 0.3) is 5.91 Å². The number of nitrogens with zero attached hydrogens (tertiary/aromatic N) is 1. The molecule has 0 saturated heterocycles. The molecule has 0 unspecified atom stereocenters.